The van der Waals surface area contributed by atoms with Gasteiger partial charge in [-0.05, 0) is 25.6 Å². The largest absolute Gasteiger partial charge is 0.368 e. The number of rotatable bonds is 7. The number of likely N-dealkylation sites (N-methyl/N-ethyl adjacent to an activating group) is 1. The van der Waals surface area contributed by atoms with Gasteiger partial charge in [-0.3, -0.25) is 4.79 Å². The molecule has 0 bridgehead atoms. The highest BCUT2D eigenvalue weighted by molar-refractivity contribution is 7.80. The molecule has 0 heterocycles. The predicted octanol–water partition coefficient (Wildman–Crippen LogP) is 0.550. The van der Waals surface area contributed by atoms with Gasteiger partial charge in [-0.2, -0.15) is 12.6 Å². The molecule has 12 heavy (non-hydrogen) atoms. The van der Waals surface area contributed by atoms with E-state index in [1.165, 1.54) is 0 Å². The molecule has 0 saturated heterocycles. The molecular weight excluding hydrogens is 172 g/mol. The standard InChI is InChI=1S/C8H18N2OS/c1-10-7(8(9)11)5-3-2-4-6-12/h7,10,12H,2-6H2,1H3,(H2,9,11). The minimum Gasteiger partial charge on any atom is -0.368 e. The lowest BCUT2D eigenvalue weighted by molar-refractivity contribution is -0.120. The minimum absolute atomic E-state index is 0.162. The van der Waals surface area contributed by atoms with Crippen LogP contribution in [0, 0.1) is 0 Å². The average Bonchev–Trinajstić information content (AvgIpc) is 2.04. The molecule has 1 amide bonds. The number of carbonyl (C=O) groups is 1. The van der Waals surface area contributed by atoms with E-state index in [1.54, 1.807) is 7.05 Å². The number of amides is 1. The van der Waals surface area contributed by atoms with Crippen molar-refractivity contribution >= 4 is 18.5 Å². The van der Waals surface area contributed by atoms with Crippen LogP contribution in [0.2, 0.25) is 0 Å². The van der Waals surface area contributed by atoms with Gasteiger partial charge in [0.25, 0.3) is 0 Å². The second kappa shape index (κ2) is 7.43. The molecule has 0 aromatic carbocycles. The Morgan fingerprint density at radius 3 is 2.58 bits per heavy atom. The van der Waals surface area contributed by atoms with E-state index >= 15 is 0 Å². The van der Waals surface area contributed by atoms with Crippen molar-refractivity contribution in [2.45, 2.75) is 31.7 Å². The number of unbranched alkanes of at least 4 members (excludes halogenated alkanes) is 2. The Labute approximate surface area is 79.5 Å². The first-order valence-electron chi connectivity index (χ1n) is 4.29. The van der Waals surface area contributed by atoms with Crippen LogP contribution in [0.1, 0.15) is 25.7 Å². The second-order valence-corrected chi connectivity index (χ2v) is 3.26. The second-order valence-electron chi connectivity index (χ2n) is 2.82. The van der Waals surface area contributed by atoms with Crippen molar-refractivity contribution in [2.75, 3.05) is 12.8 Å². The number of hydrogen-bond acceptors (Lipinski definition) is 3. The van der Waals surface area contributed by atoms with Gasteiger partial charge in [-0.15, -0.1) is 0 Å². The summed E-state index contributed by atoms with van der Waals surface area (Å²) in [5.41, 5.74) is 5.15. The molecule has 0 aromatic heterocycles. The molecule has 3 nitrogen and oxygen atoms in total. The molecule has 0 fully saturated rings. The fourth-order valence-corrected chi connectivity index (χ4v) is 1.29. The Bertz CT molecular complexity index is 130. The van der Waals surface area contributed by atoms with Crippen LogP contribution in [0.5, 0.6) is 0 Å². The first kappa shape index (κ1) is 11.8. The summed E-state index contributed by atoms with van der Waals surface area (Å²) in [6.45, 7) is 0. The van der Waals surface area contributed by atoms with Crippen molar-refractivity contribution in [2.24, 2.45) is 5.73 Å². The van der Waals surface area contributed by atoms with Crippen molar-refractivity contribution in [1.82, 2.24) is 5.32 Å². The number of carbonyl (C=O) groups excluding carboxylic acids is 1. The topological polar surface area (TPSA) is 55.1 Å². The average molecular weight is 190 g/mol. The van der Waals surface area contributed by atoms with Crippen molar-refractivity contribution in [1.29, 1.82) is 0 Å². The van der Waals surface area contributed by atoms with E-state index in [1.807, 2.05) is 0 Å². The minimum atomic E-state index is -0.261. The SMILES string of the molecule is CNC(CCCCCS)C(N)=O. The summed E-state index contributed by atoms with van der Waals surface area (Å²) in [6.07, 6.45) is 4.10. The van der Waals surface area contributed by atoms with Crippen LogP contribution in [0.4, 0.5) is 0 Å². The summed E-state index contributed by atoms with van der Waals surface area (Å²) in [7, 11) is 1.76. The van der Waals surface area contributed by atoms with Gasteiger partial charge in [-0.25, -0.2) is 0 Å². The summed E-state index contributed by atoms with van der Waals surface area (Å²) >= 11 is 4.10. The van der Waals surface area contributed by atoms with Gasteiger partial charge >= 0.3 is 0 Å². The Morgan fingerprint density at radius 1 is 1.50 bits per heavy atom. The summed E-state index contributed by atoms with van der Waals surface area (Å²) in [5.74, 6) is 0.657. The predicted molar refractivity (Wildman–Crippen MR) is 54.4 cm³/mol. The van der Waals surface area contributed by atoms with E-state index in [0.29, 0.717) is 0 Å². The lowest BCUT2D eigenvalue weighted by Gasteiger charge is -2.10. The summed E-state index contributed by atoms with van der Waals surface area (Å²) in [5, 5.41) is 2.88. The zero-order valence-electron chi connectivity index (χ0n) is 7.55. The van der Waals surface area contributed by atoms with Crippen LogP contribution < -0.4 is 11.1 Å². The third kappa shape index (κ3) is 5.43. The highest BCUT2D eigenvalue weighted by atomic mass is 32.1. The number of hydrogen-bond donors (Lipinski definition) is 3. The fraction of sp³-hybridized carbons (Fsp3) is 0.875. The molecule has 1 unspecified atom stereocenters. The molecule has 1 atom stereocenters. The number of thiol groups is 1. The lowest BCUT2D eigenvalue weighted by atomic mass is 10.1. The molecule has 0 aliphatic rings. The smallest absolute Gasteiger partial charge is 0.234 e. The van der Waals surface area contributed by atoms with E-state index in [-0.39, 0.29) is 11.9 Å². The van der Waals surface area contributed by atoms with Gasteiger partial charge in [0, 0.05) is 0 Å². The monoisotopic (exact) mass is 190 g/mol. The molecule has 0 saturated carbocycles. The van der Waals surface area contributed by atoms with Crippen LogP contribution in [-0.4, -0.2) is 24.7 Å². The molecule has 72 valence electrons. The maximum Gasteiger partial charge on any atom is 0.234 e. The van der Waals surface area contributed by atoms with Crippen molar-refractivity contribution < 1.29 is 4.79 Å². The lowest BCUT2D eigenvalue weighted by Crippen LogP contribution is -2.38. The number of nitrogens with two attached hydrogens (primary N) is 1. The van der Waals surface area contributed by atoms with Crippen molar-refractivity contribution in [3.05, 3.63) is 0 Å². The normalized spacial score (nSPS) is 12.8. The Kier molecular flexibility index (Phi) is 7.29. The number of nitrogens with one attached hydrogen (secondary N) is 1. The van der Waals surface area contributed by atoms with Crippen LogP contribution in [0.25, 0.3) is 0 Å². The molecular formula is C8H18N2OS. The molecule has 0 rings (SSSR count). The number of primary amides is 1. The van der Waals surface area contributed by atoms with Crippen molar-refractivity contribution in [3.8, 4) is 0 Å². The van der Waals surface area contributed by atoms with Crippen LogP contribution in [0.3, 0.4) is 0 Å². The zero-order chi connectivity index (χ0) is 9.40. The first-order valence-corrected chi connectivity index (χ1v) is 4.93. The molecule has 3 N–H and O–H groups in total. The van der Waals surface area contributed by atoms with Gasteiger partial charge in [0.1, 0.15) is 0 Å². The molecule has 0 spiro atoms. The fourth-order valence-electron chi connectivity index (χ4n) is 1.07. The van der Waals surface area contributed by atoms with Gasteiger partial charge in [0.15, 0.2) is 0 Å². The third-order valence-electron chi connectivity index (χ3n) is 1.84. The highest BCUT2D eigenvalue weighted by Crippen LogP contribution is 2.03. The molecule has 4 heteroatoms. The van der Waals surface area contributed by atoms with Crippen molar-refractivity contribution in [3.63, 3.8) is 0 Å². The van der Waals surface area contributed by atoms with Gasteiger partial charge in [0.05, 0.1) is 6.04 Å². The summed E-state index contributed by atoms with van der Waals surface area (Å²) in [4.78, 5) is 10.7. The van der Waals surface area contributed by atoms with E-state index in [4.69, 9.17) is 5.73 Å². The molecule has 0 aliphatic heterocycles. The quantitative estimate of drug-likeness (QED) is 0.405. The molecule has 0 aliphatic carbocycles. The summed E-state index contributed by atoms with van der Waals surface area (Å²) < 4.78 is 0. The maximum absolute atomic E-state index is 10.7. The first-order chi connectivity index (χ1) is 5.72. The van der Waals surface area contributed by atoms with E-state index in [0.717, 1.165) is 31.4 Å². The molecule has 0 radical (unpaired) electrons. The maximum atomic E-state index is 10.7. The van der Waals surface area contributed by atoms with Gasteiger partial charge in [0.2, 0.25) is 5.91 Å². The van der Waals surface area contributed by atoms with Crippen LogP contribution >= 0.6 is 12.6 Å². The zero-order valence-corrected chi connectivity index (χ0v) is 8.44. The van der Waals surface area contributed by atoms with E-state index in [2.05, 4.69) is 17.9 Å². The van der Waals surface area contributed by atoms with Crippen LogP contribution in [-0.2, 0) is 4.79 Å². The Balaban J connectivity index is 3.38. The molecule has 0 aromatic rings. The van der Waals surface area contributed by atoms with E-state index < -0.39 is 0 Å². The Hall–Kier alpha value is -0.220. The Morgan fingerprint density at radius 2 is 2.17 bits per heavy atom. The van der Waals surface area contributed by atoms with Gasteiger partial charge < -0.3 is 11.1 Å². The van der Waals surface area contributed by atoms with Gasteiger partial charge in [-0.1, -0.05) is 12.8 Å². The highest BCUT2D eigenvalue weighted by Gasteiger charge is 2.10. The summed E-state index contributed by atoms with van der Waals surface area (Å²) in [6, 6.07) is -0.162. The van der Waals surface area contributed by atoms with E-state index in [9.17, 15) is 4.79 Å². The van der Waals surface area contributed by atoms with Crippen LogP contribution in [0.15, 0.2) is 0 Å². The third-order valence-corrected chi connectivity index (χ3v) is 2.16.